The first-order chi connectivity index (χ1) is 10.5. The minimum absolute atomic E-state index is 0.0323. The molecule has 2 aromatic rings. The monoisotopic (exact) mass is 317 g/mol. The van der Waals surface area contributed by atoms with Gasteiger partial charge in [-0.25, -0.2) is 4.68 Å². The number of para-hydroxylation sites is 1. The van der Waals surface area contributed by atoms with E-state index in [9.17, 15) is 9.59 Å². The number of halogens is 1. The summed E-state index contributed by atoms with van der Waals surface area (Å²) in [5.41, 5.74) is 0.930. The molecule has 0 saturated heterocycles. The highest BCUT2D eigenvalue weighted by Crippen LogP contribution is 2.22. The van der Waals surface area contributed by atoms with Crippen LogP contribution in [0.25, 0.3) is 5.69 Å². The van der Waals surface area contributed by atoms with Crippen LogP contribution >= 0.6 is 11.6 Å². The minimum Gasteiger partial charge on any atom is -0.358 e. The van der Waals surface area contributed by atoms with Crippen molar-refractivity contribution in [2.24, 2.45) is 5.92 Å². The molecule has 0 saturated carbocycles. The van der Waals surface area contributed by atoms with E-state index in [-0.39, 0.29) is 5.69 Å². The summed E-state index contributed by atoms with van der Waals surface area (Å²) >= 11 is 6.09. The van der Waals surface area contributed by atoms with E-state index in [1.54, 1.807) is 37.3 Å². The molecule has 1 aromatic heterocycles. The van der Waals surface area contributed by atoms with Crippen LogP contribution in [0.4, 0.5) is 0 Å². The van der Waals surface area contributed by atoms with Gasteiger partial charge in [0.25, 0.3) is 0 Å². The van der Waals surface area contributed by atoms with Gasteiger partial charge in [-0.2, -0.15) is 5.26 Å². The van der Waals surface area contributed by atoms with Crippen molar-refractivity contribution in [3.8, 4) is 11.8 Å². The molecule has 0 aliphatic carbocycles. The van der Waals surface area contributed by atoms with E-state index >= 15 is 0 Å². The first-order valence-electron chi connectivity index (χ1n) is 6.34. The van der Waals surface area contributed by atoms with Crippen LogP contribution in [0.5, 0.6) is 0 Å². The quantitative estimate of drug-likeness (QED) is 0.676. The molecule has 1 N–H and O–H groups in total. The Balaban J connectivity index is 2.44. The predicted molar refractivity (Wildman–Crippen MR) is 78.6 cm³/mol. The molecular formula is C14H12ClN5O2. The summed E-state index contributed by atoms with van der Waals surface area (Å²) in [6.45, 7) is 1.62. The second-order valence-corrected chi connectivity index (χ2v) is 4.83. The maximum atomic E-state index is 12.3. The van der Waals surface area contributed by atoms with E-state index in [2.05, 4.69) is 15.6 Å². The summed E-state index contributed by atoms with van der Waals surface area (Å²) in [5.74, 6) is -2.84. The predicted octanol–water partition coefficient (Wildman–Crippen LogP) is 1.30. The van der Waals surface area contributed by atoms with Crippen molar-refractivity contribution in [3.05, 3.63) is 40.7 Å². The van der Waals surface area contributed by atoms with Gasteiger partial charge >= 0.3 is 0 Å². The summed E-state index contributed by atoms with van der Waals surface area (Å²) in [6, 6.07) is 8.61. The Morgan fingerprint density at radius 2 is 2.09 bits per heavy atom. The first kappa shape index (κ1) is 15.7. The number of carbonyl (C=O) groups excluding carboxylic acids is 2. The molecule has 1 heterocycles. The fourth-order valence-electron chi connectivity index (χ4n) is 1.93. The van der Waals surface area contributed by atoms with Crippen LogP contribution < -0.4 is 5.32 Å². The number of nitrogens with one attached hydrogen (secondary N) is 1. The highest BCUT2D eigenvalue weighted by Gasteiger charge is 2.31. The zero-order chi connectivity index (χ0) is 16.3. The van der Waals surface area contributed by atoms with Crippen molar-refractivity contribution >= 4 is 23.3 Å². The molecule has 0 spiro atoms. The number of benzene rings is 1. The minimum atomic E-state index is -1.46. The normalized spacial score (nSPS) is 11.5. The second kappa shape index (κ2) is 6.37. The summed E-state index contributed by atoms with van der Waals surface area (Å²) < 4.78 is 1.40. The molecule has 1 atom stereocenters. The number of rotatable bonds is 4. The molecule has 0 unspecified atom stereocenters. The van der Waals surface area contributed by atoms with E-state index < -0.39 is 17.6 Å². The van der Waals surface area contributed by atoms with Gasteiger partial charge in [0.2, 0.25) is 11.7 Å². The average Bonchev–Trinajstić information content (AvgIpc) is 2.89. The molecule has 112 valence electrons. The SMILES string of the molecule is CNC(=O)[C@H](C#N)C(=O)c1nnn(-c2ccccc2Cl)c1C. The molecule has 1 aromatic carbocycles. The van der Waals surface area contributed by atoms with Crippen LogP contribution in [-0.4, -0.2) is 33.7 Å². The largest absolute Gasteiger partial charge is 0.358 e. The van der Waals surface area contributed by atoms with Crippen LogP contribution in [0.1, 0.15) is 16.2 Å². The van der Waals surface area contributed by atoms with Gasteiger partial charge in [0, 0.05) is 7.05 Å². The Labute approximate surface area is 131 Å². The third-order valence-corrected chi connectivity index (χ3v) is 3.43. The van der Waals surface area contributed by atoms with Crippen LogP contribution in [0.3, 0.4) is 0 Å². The summed E-state index contributed by atoms with van der Waals surface area (Å²) in [5, 5.41) is 19.4. The zero-order valence-corrected chi connectivity index (χ0v) is 12.6. The maximum Gasteiger partial charge on any atom is 0.245 e. The number of Topliss-reactive ketones (excluding diaryl/α,β-unsaturated/α-hetero) is 1. The highest BCUT2D eigenvalue weighted by atomic mass is 35.5. The Kier molecular flexibility index (Phi) is 4.53. The lowest BCUT2D eigenvalue weighted by atomic mass is 10.0. The van der Waals surface area contributed by atoms with E-state index in [1.165, 1.54) is 11.7 Å². The lowest BCUT2D eigenvalue weighted by Gasteiger charge is -2.07. The molecule has 1 amide bonds. The maximum absolute atomic E-state index is 12.3. The number of hydrogen-bond acceptors (Lipinski definition) is 5. The van der Waals surface area contributed by atoms with Crippen molar-refractivity contribution < 1.29 is 9.59 Å². The summed E-state index contributed by atoms with van der Waals surface area (Å²) in [6.07, 6.45) is 0. The van der Waals surface area contributed by atoms with E-state index in [1.807, 2.05) is 0 Å². The highest BCUT2D eigenvalue weighted by molar-refractivity contribution is 6.32. The number of ketones is 1. The Hall–Kier alpha value is -2.72. The lowest BCUT2D eigenvalue weighted by molar-refractivity contribution is -0.121. The van der Waals surface area contributed by atoms with Gasteiger partial charge in [0.05, 0.1) is 22.5 Å². The summed E-state index contributed by atoms with van der Waals surface area (Å²) in [4.78, 5) is 23.9. The number of amides is 1. The van der Waals surface area contributed by atoms with Gasteiger partial charge in [-0.05, 0) is 19.1 Å². The van der Waals surface area contributed by atoms with Gasteiger partial charge in [-0.1, -0.05) is 28.9 Å². The molecule has 7 nitrogen and oxygen atoms in total. The molecule has 2 rings (SSSR count). The fourth-order valence-corrected chi connectivity index (χ4v) is 2.14. The van der Waals surface area contributed by atoms with Gasteiger partial charge < -0.3 is 5.32 Å². The number of carbonyl (C=O) groups is 2. The zero-order valence-electron chi connectivity index (χ0n) is 11.9. The van der Waals surface area contributed by atoms with Crippen LogP contribution in [0.15, 0.2) is 24.3 Å². The average molecular weight is 318 g/mol. The van der Waals surface area contributed by atoms with Gasteiger partial charge in [0.15, 0.2) is 11.6 Å². The second-order valence-electron chi connectivity index (χ2n) is 4.43. The fraction of sp³-hybridized carbons (Fsp3) is 0.214. The van der Waals surface area contributed by atoms with Crippen molar-refractivity contribution in [1.82, 2.24) is 20.3 Å². The topological polar surface area (TPSA) is 101 Å². The van der Waals surface area contributed by atoms with Crippen molar-refractivity contribution in [2.75, 3.05) is 7.05 Å². The molecule has 0 aliphatic heterocycles. The number of nitrogens with zero attached hydrogens (tertiary/aromatic N) is 4. The van der Waals surface area contributed by atoms with Crippen molar-refractivity contribution in [2.45, 2.75) is 6.92 Å². The van der Waals surface area contributed by atoms with Gasteiger partial charge in [0.1, 0.15) is 0 Å². The third-order valence-electron chi connectivity index (χ3n) is 3.11. The molecular weight excluding hydrogens is 306 g/mol. The smallest absolute Gasteiger partial charge is 0.245 e. The van der Waals surface area contributed by atoms with E-state index in [0.29, 0.717) is 16.4 Å². The number of hydrogen-bond donors (Lipinski definition) is 1. The van der Waals surface area contributed by atoms with Crippen molar-refractivity contribution in [1.29, 1.82) is 5.26 Å². The van der Waals surface area contributed by atoms with Gasteiger partial charge in [-0.15, -0.1) is 5.10 Å². The molecule has 8 heteroatoms. The Morgan fingerprint density at radius 3 is 2.68 bits per heavy atom. The molecule has 0 fully saturated rings. The lowest BCUT2D eigenvalue weighted by Crippen LogP contribution is -2.32. The Bertz CT molecular complexity index is 778. The summed E-state index contributed by atoms with van der Waals surface area (Å²) in [7, 11) is 1.35. The third kappa shape index (κ3) is 2.69. The Morgan fingerprint density at radius 1 is 1.41 bits per heavy atom. The standard InChI is InChI=1S/C14H12ClN5O2/c1-8-12(13(21)9(7-16)14(22)17-2)18-19-20(8)11-6-4-3-5-10(11)15/h3-6,9H,1-2H3,(H,17,22)/t9-/m1/s1. The molecule has 0 aliphatic rings. The molecule has 0 bridgehead atoms. The van der Waals surface area contributed by atoms with E-state index in [0.717, 1.165) is 0 Å². The number of aromatic nitrogens is 3. The molecule has 0 radical (unpaired) electrons. The van der Waals surface area contributed by atoms with Crippen LogP contribution in [-0.2, 0) is 4.79 Å². The van der Waals surface area contributed by atoms with Crippen LogP contribution in [0.2, 0.25) is 5.02 Å². The molecule has 22 heavy (non-hydrogen) atoms. The first-order valence-corrected chi connectivity index (χ1v) is 6.71. The van der Waals surface area contributed by atoms with E-state index in [4.69, 9.17) is 16.9 Å². The van der Waals surface area contributed by atoms with Gasteiger partial charge in [-0.3, -0.25) is 9.59 Å². The van der Waals surface area contributed by atoms with Crippen molar-refractivity contribution in [3.63, 3.8) is 0 Å². The number of nitriles is 1. The van der Waals surface area contributed by atoms with Crippen LogP contribution in [0, 0.1) is 24.2 Å².